The summed E-state index contributed by atoms with van der Waals surface area (Å²) in [5.74, 6) is -2.22. The molecule has 0 aliphatic heterocycles. The van der Waals surface area contributed by atoms with Gasteiger partial charge in [0.15, 0.2) is 5.13 Å². The maximum absolute atomic E-state index is 13.1. The van der Waals surface area contributed by atoms with Crippen molar-refractivity contribution in [2.75, 3.05) is 5.32 Å². The van der Waals surface area contributed by atoms with Crippen molar-refractivity contribution in [2.45, 2.75) is 40.0 Å². The van der Waals surface area contributed by atoms with Gasteiger partial charge in [0.05, 0.1) is 17.5 Å². The van der Waals surface area contributed by atoms with Gasteiger partial charge in [-0.25, -0.2) is 4.98 Å². The number of carbonyl (C=O) groups is 2. The number of hydrogen-bond acceptors (Lipinski definition) is 4. The van der Waals surface area contributed by atoms with E-state index in [1.54, 1.807) is 0 Å². The summed E-state index contributed by atoms with van der Waals surface area (Å²) in [5, 5.41) is 15.2. The summed E-state index contributed by atoms with van der Waals surface area (Å²) in [7, 11) is 0. The highest BCUT2D eigenvalue weighted by Crippen LogP contribution is 2.57. The minimum absolute atomic E-state index is 0.0119. The van der Waals surface area contributed by atoms with Crippen molar-refractivity contribution >= 4 is 28.3 Å². The van der Waals surface area contributed by atoms with Gasteiger partial charge in [0, 0.05) is 10.9 Å². The number of carboxylic acid groups (broad SMARTS) is 1. The molecule has 2 fully saturated rings. The summed E-state index contributed by atoms with van der Waals surface area (Å²) in [6.07, 6.45) is 2.74. The smallest absolute Gasteiger partial charge is 0.307 e. The fraction of sp³-hybridized carbons (Fsp3) is 0.435. The van der Waals surface area contributed by atoms with Crippen molar-refractivity contribution in [3.63, 3.8) is 0 Å². The Kier molecular flexibility index (Phi) is 5.30. The van der Waals surface area contributed by atoms with Gasteiger partial charge >= 0.3 is 5.97 Å². The second-order valence-electron chi connectivity index (χ2n) is 8.21. The van der Waals surface area contributed by atoms with E-state index in [1.807, 2.05) is 31.4 Å². The summed E-state index contributed by atoms with van der Waals surface area (Å²) in [5.41, 5.74) is 5.44. The summed E-state index contributed by atoms with van der Waals surface area (Å²) < 4.78 is 0. The number of aliphatic carboxylic acids is 1. The third-order valence-corrected chi connectivity index (χ3v) is 7.16. The Morgan fingerprint density at radius 2 is 1.79 bits per heavy atom. The van der Waals surface area contributed by atoms with Gasteiger partial charge in [-0.05, 0) is 50.5 Å². The molecule has 2 aromatic rings. The van der Waals surface area contributed by atoms with Crippen LogP contribution in [0.2, 0.25) is 0 Å². The molecule has 152 valence electrons. The van der Waals surface area contributed by atoms with Crippen molar-refractivity contribution in [2.24, 2.45) is 23.7 Å². The highest BCUT2D eigenvalue weighted by atomic mass is 32.1. The van der Waals surface area contributed by atoms with Crippen molar-refractivity contribution in [3.8, 4) is 11.3 Å². The van der Waals surface area contributed by atoms with E-state index in [2.05, 4.69) is 29.4 Å². The molecule has 2 saturated carbocycles. The normalized spacial score (nSPS) is 25.3. The highest BCUT2D eigenvalue weighted by Gasteiger charge is 2.57. The number of nitrogens with zero attached hydrogens (tertiary/aromatic N) is 1. The Balaban J connectivity index is 1.54. The Labute approximate surface area is 174 Å². The number of benzene rings is 1. The molecule has 0 spiro atoms. The number of allylic oxidation sites excluding steroid dienone is 2. The van der Waals surface area contributed by atoms with E-state index < -0.39 is 17.8 Å². The summed E-state index contributed by atoms with van der Waals surface area (Å²) in [6, 6.07) is 8.25. The van der Waals surface area contributed by atoms with Gasteiger partial charge in [-0.3, -0.25) is 9.59 Å². The van der Waals surface area contributed by atoms with Gasteiger partial charge in [-0.1, -0.05) is 42.3 Å². The highest BCUT2D eigenvalue weighted by molar-refractivity contribution is 7.14. The van der Waals surface area contributed by atoms with Crippen LogP contribution in [0.3, 0.4) is 0 Å². The molecule has 2 aliphatic carbocycles. The number of anilines is 1. The lowest BCUT2D eigenvalue weighted by atomic mass is 9.79. The molecular weight excluding hydrogens is 384 g/mol. The quantitative estimate of drug-likeness (QED) is 0.680. The predicted molar refractivity (Wildman–Crippen MR) is 115 cm³/mol. The fourth-order valence-corrected chi connectivity index (χ4v) is 5.89. The Morgan fingerprint density at radius 1 is 1.14 bits per heavy atom. The lowest BCUT2D eigenvalue weighted by molar-refractivity contribution is -0.148. The summed E-state index contributed by atoms with van der Waals surface area (Å²) in [4.78, 5) is 29.6. The van der Waals surface area contributed by atoms with Crippen LogP contribution in [0.25, 0.3) is 11.3 Å². The van der Waals surface area contributed by atoms with Crippen LogP contribution in [0.1, 0.15) is 39.2 Å². The molecule has 2 bridgehead atoms. The molecule has 0 radical (unpaired) electrons. The first-order valence-electron chi connectivity index (χ1n) is 10.2. The van der Waals surface area contributed by atoms with Gasteiger partial charge in [-0.2, -0.15) is 0 Å². The van der Waals surface area contributed by atoms with E-state index in [4.69, 9.17) is 0 Å². The van der Waals surface area contributed by atoms with Crippen molar-refractivity contribution in [1.82, 2.24) is 4.98 Å². The zero-order valence-electron chi connectivity index (χ0n) is 16.9. The van der Waals surface area contributed by atoms with Crippen molar-refractivity contribution in [3.05, 3.63) is 46.4 Å². The number of nitrogens with one attached hydrogen (secondary N) is 1. The van der Waals surface area contributed by atoms with Crippen LogP contribution in [0.5, 0.6) is 0 Å². The SMILES string of the molecule is CCc1ccc(-c2csc(NC(=O)[C@@H]3[C@H](C(=O)O)[C@H]4CC[C@H]3C4=C(C)C)n2)cc1. The molecule has 0 unspecified atom stereocenters. The second kappa shape index (κ2) is 7.75. The molecule has 2 N–H and O–H groups in total. The Bertz CT molecular complexity index is 972. The first kappa shape index (κ1) is 19.8. The maximum Gasteiger partial charge on any atom is 0.307 e. The number of amides is 1. The topological polar surface area (TPSA) is 79.3 Å². The fourth-order valence-electron chi connectivity index (χ4n) is 5.17. The van der Waals surface area contributed by atoms with Crippen LogP contribution in [-0.2, 0) is 16.0 Å². The zero-order chi connectivity index (χ0) is 20.7. The minimum Gasteiger partial charge on any atom is -0.481 e. The molecule has 5 nitrogen and oxygen atoms in total. The van der Waals surface area contributed by atoms with E-state index in [-0.39, 0.29) is 17.7 Å². The molecule has 0 saturated heterocycles. The van der Waals surface area contributed by atoms with E-state index in [9.17, 15) is 14.7 Å². The van der Waals surface area contributed by atoms with Gasteiger partial charge in [-0.15, -0.1) is 11.3 Å². The lowest BCUT2D eigenvalue weighted by Gasteiger charge is -2.25. The third kappa shape index (κ3) is 3.50. The number of carboxylic acids is 1. The molecule has 29 heavy (non-hydrogen) atoms. The van der Waals surface area contributed by atoms with Crippen molar-refractivity contribution < 1.29 is 14.7 Å². The Hall–Kier alpha value is -2.47. The zero-order valence-corrected chi connectivity index (χ0v) is 17.8. The largest absolute Gasteiger partial charge is 0.481 e. The number of aryl methyl sites for hydroxylation is 1. The van der Waals surface area contributed by atoms with Crippen LogP contribution in [0.4, 0.5) is 5.13 Å². The van der Waals surface area contributed by atoms with Gasteiger partial charge < -0.3 is 10.4 Å². The molecule has 4 rings (SSSR count). The summed E-state index contributed by atoms with van der Waals surface area (Å²) >= 11 is 1.38. The number of carbonyl (C=O) groups excluding carboxylic acids is 1. The monoisotopic (exact) mass is 410 g/mol. The average molecular weight is 411 g/mol. The minimum atomic E-state index is -0.869. The molecular formula is C23H26N2O3S. The first-order chi connectivity index (χ1) is 13.9. The molecule has 6 heteroatoms. The predicted octanol–water partition coefficient (Wildman–Crippen LogP) is 5.00. The van der Waals surface area contributed by atoms with Crippen LogP contribution < -0.4 is 5.32 Å². The number of fused-ring (bicyclic) bond motifs is 2. The van der Waals surface area contributed by atoms with E-state index >= 15 is 0 Å². The summed E-state index contributed by atoms with van der Waals surface area (Å²) in [6.45, 7) is 6.17. The number of rotatable bonds is 5. The van der Waals surface area contributed by atoms with Crippen molar-refractivity contribution in [1.29, 1.82) is 0 Å². The molecule has 2 aliphatic rings. The second-order valence-corrected chi connectivity index (χ2v) is 9.07. The Morgan fingerprint density at radius 3 is 2.38 bits per heavy atom. The molecule has 4 atom stereocenters. The van der Waals surface area contributed by atoms with E-state index in [1.165, 1.54) is 22.5 Å². The number of hydrogen-bond donors (Lipinski definition) is 2. The lowest BCUT2D eigenvalue weighted by Crippen LogP contribution is -2.37. The van der Waals surface area contributed by atoms with E-state index in [0.29, 0.717) is 5.13 Å². The molecule has 1 amide bonds. The maximum atomic E-state index is 13.1. The standard InChI is InChI=1S/C23H26N2O3S/c1-4-13-5-7-14(8-6-13)17-11-29-23(24-17)25-21(26)19-15-9-10-16(18(15)12(2)3)20(19)22(27)28/h5-8,11,15-16,19-20H,4,9-10H2,1-3H3,(H,27,28)(H,24,25,26)/t15-,16-,19-,20+/m0/s1. The molecule has 1 aromatic heterocycles. The van der Waals surface area contributed by atoms with Gasteiger partial charge in [0.2, 0.25) is 5.91 Å². The number of aromatic nitrogens is 1. The van der Waals surface area contributed by atoms with Gasteiger partial charge in [0.1, 0.15) is 0 Å². The first-order valence-corrected chi connectivity index (χ1v) is 11.0. The molecule has 1 heterocycles. The van der Waals surface area contributed by atoms with Crippen LogP contribution in [0.15, 0.2) is 40.8 Å². The van der Waals surface area contributed by atoms with E-state index in [0.717, 1.165) is 36.1 Å². The third-order valence-electron chi connectivity index (χ3n) is 6.40. The van der Waals surface area contributed by atoms with Crippen LogP contribution in [-0.4, -0.2) is 22.0 Å². The molecule has 1 aromatic carbocycles. The van der Waals surface area contributed by atoms with Gasteiger partial charge in [0.25, 0.3) is 0 Å². The van der Waals surface area contributed by atoms with Crippen LogP contribution in [0, 0.1) is 23.7 Å². The number of thiazole rings is 1. The van der Waals surface area contributed by atoms with Crippen LogP contribution >= 0.6 is 11.3 Å². The average Bonchev–Trinajstić information content (AvgIpc) is 3.41.